The Balaban J connectivity index is 1.94. The monoisotopic (exact) mass is 393 g/mol. The molecule has 3 aromatic rings. The van der Waals surface area contributed by atoms with Crippen molar-refractivity contribution in [2.45, 2.75) is 31.1 Å². The summed E-state index contributed by atoms with van der Waals surface area (Å²) in [5.41, 5.74) is 3.95. The SMILES string of the molecule is CCCCC(=O)c1ccc(N(c2ccccc2)c2ccc(SS)cc2)cc1. The molecule has 0 fully saturated rings. The largest absolute Gasteiger partial charge is 0.311 e. The van der Waals surface area contributed by atoms with Crippen molar-refractivity contribution in [2.75, 3.05) is 4.90 Å². The molecule has 0 aromatic heterocycles. The molecule has 0 radical (unpaired) electrons. The highest BCUT2D eigenvalue weighted by molar-refractivity contribution is 8.68. The summed E-state index contributed by atoms with van der Waals surface area (Å²) >= 11 is 4.26. The van der Waals surface area contributed by atoms with Crippen LogP contribution in [0.3, 0.4) is 0 Å². The van der Waals surface area contributed by atoms with Gasteiger partial charge in [0.1, 0.15) is 0 Å². The van der Waals surface area contributed by atoms with Crippen molar-refractivity contribution in [3.05, 3.63) is 84.4 Å². The number of thiol groups is 1. The van der Waals surface area contributed by atoms with E-state index in [9.17, 15) is 4.79 Å². The van der Waals surface area contributed by atoms with Crippen LogP contribution in [0.25, 0.3) is 0 Å². The molecule has 0 aliphatic rings. The van der Waals surface area contributed by atoms with Crippen LogP contribution in [-0.2, 0) is 0 Å². The Morgan fingerprint density at radius 3 is 1.96 bits per heavy atom. The standard InChI is InChI=1S/C23H23NOS2/c1-2-3-9-23(25)18-10-12-20(13-11-18)24(19-7-5-4-6-8-19)21-14-16-22(27-26)17-15-21/h4-8,10-17,26H,2-3,9H2,1H3. The Morgan fingerprint density at radius 1 is 0.852 bits per heavy atom. The summed E-state index contributed by atoms with van der Waals surface area (Å²) < 4.78 is 0. The van der Waals surface area contributed by atoms with Crippen molar-refractivity contribution in [1.29, 1.82) is 0 Å². The van der Waals surface area contributed by atoms with Crippen molar-refractivity contribution in [3.63, 3.8) is 0 Å². The molecule has 0 unspecified atom stereocenters. The first kappa shape index (κ1) is 19.6. The Kier molecular flexibility index (Phi) is 7.02. The van der Waals surface area contributed by atoms with E-state index in [1.54, 1.807) is 0 Å². The number of ketones is 1. The van der Waals surface area contributed by atoms with Gasteiger partial charge in [-0.25, -0.2) is 0 Å². The van der Waals surface area contributed by atoms with Crippen molar-refractivity contribution in [2.24, 2.45) is 0 Å². The fourth-order valence-corrected chi connectivity index (χ4v) is 3.58. The molecular formula is C23H23NOS2. The van der Waals surface area contributed by atoms with Gasteiger partial charge in [0.2, 0.25) is 0 Å². The van der Waals surface area contributed by atoms with Gasteiger partial charge in [-0.1, -0.05) is 42.3 Å². The van der Waals surface area contributed by atoms with Gasteiger partial charge in [0.25, 0.3) is 0 Å². The minimum Gasteiger partial charge on any atom is -0.311 e. The van der Waals surface area contributed by atoms with Crippen molar-refractivity contribution in [3.8, 4) is 0 Å². The number of anilines is 3. The van der Waals surface area contributed by atoms with Crippen LogP contribution in [0.2, 0.25) is 0 Å². The highest BCUT2D eigenvalue weighted by Crippen LogP contribution is 2.35. The Hall–Kier alpha value is -2.17. The van der Waals surface area contributed by atoms with Crippen molar-refractivity contribution in [1.82, 2.24) is 0 Å². The molecule has 0 N–H and O–H groups in total. The fraction of sp³-hybridized carbons (Fsp3) is 0.174. The van der Waals surface area contributed by atoms with Crippen LogP contribution < -0.4 is 4.90 Å². The van der Waals surface area contributed by atoms with E-state index in [1.807, 2.05) is 42.5 Å². The highest BCUT2D eigenvalue weighted by atomic mass is 33.1. The lowest BCUT2D eigenvalue weighted by Gasteiger charge is -2.25. The molecule has 0 amide bonds. The molecule has 0 bridgehead atoms. The fourth-order valence-electron chi connectivity index (χ4n) is 2.96. The summed E-state index contributed by atoms with van der Waals surface area (Å²) in [5.74, 6) is 0.213. The van der Waals surface area contributed by atoms with Crippen LogP contribution in [0, 0.1) is 0 Å². The van der Waals surface area contributed by atoms with Crippen LogP contribution in [0.4, 0.5) is 17.1 Å². The first-order chi connectivity index (χ1) is 13.2. The molecule has 4 heteroatoms. The van der Waals surface area contributed by atoms with Gasteiger partial charge < -0.3 is 4.90 Å². The van der Waals surface area contributed by atoms with Gasteiger partial charge in [-0.3, -0.25) is 4.79 Å². The van der Waals surface area contributed by atoms with Gasteiger partial charge >= 0.3 is 0 Å². The second-order valence-corrected chi connectivity index (χ2v) is 7.53. The lowest BCUT2D eigenvalue weighted by molar-refractivity contribution is 0.0980. The zero-order valence-corrected chi connectivity index (χ0v) is 17.0. The summed E-state index contributed by atoms with van der Waals surface area (Å²) in [5, 5.41) is 0. The third-order valence-electron chi connectivity index (χ3n) is 4.42. The second kappa shape index (κ2) is 9.67. The van der Waals surface area contributed by atoms with Crippen LogP contribution in [-0.4, -0.2) is 5.78 Å². The van der Waals surface area contributed by atoms with E-state index < -0.39 is 0 Å². The zero-order chi connectivity index (χ0) is 19.1. The average molecular weight is 394 g/mol. The van der Waals surface area contributed by atoms with Gasteiger partial charge in [-0.2, -0.15) is 0 Å². The summed E-state index contributed by atoms with van der Waals surface area (Å²) in [6.07, 6.45) is 2.58. The molecule has 0 atom stereocenters. The van der Waals surface area contributed by atoms with Gasteiger partial charge in [-0.15, -0.1) is 11.7 Å². The normalized spacial score (nSPS) is 10.6. The third kappa shape index (κ3) is 4.96. The second-order valence-electron chi connectivity index (χ2n) is 6.33. The van der Waals surface area contributed by atoms with Crippen LogP contribution in [0.5, 0.6) is 0 Å². The van der Waals surface area contributed by atoms with Crippen LogP contribution >= 0.6 is 22.5 Å². The van der Waals surface area contributed by atoms with Crippen molar-refractivity contribution >= 4 is 45.3 Å². The van der Waals surface area contributed by atoms with Crippen LogP contribution in [0.15, 0.2) is 83.8 Å². The first-order valence-corrected chi connectivity index (χ1v) is 11.0. The average Bonchev–Trinajstić information content (AvgIpc) is 2.74. The minimum absolute atomic E-state index is 0.213. The van der Waals surface area contributed by atoms with E-state index in [0.717, 1.165) is 40.4 Å². The molecule has 0 saturated heterocycles. The third-order valence-corrected chi connectivity index (χ3v) is 5.54. The van der Waals surface area contributed by atoms with Gasteiger partial charge in [0, 0.05) is 33.9 Å². The molecule has 3 aromatic carbocycles. The van der Waals surface area contributed by atoms with Gasteiger partial charge in [-0.05, 0) is 67.1 Å². The van der Waals surface area contributed by atoms with E-state index >= 15 is 0 Å². The maximum absolute atomic E-state index is 12.3. The van der Waals surface area contributed by atoms with Gasteiger partial charge in [0.15, 0.2) is 5.78 Å². The maximum Gasteiger partial charge on any atom is 0.162 e. The van der Waals surface area contributed by atoms with Gasteiger partial charge in [0.05, 0.1) is 0 Å². The quantitative estimate of drug-likeness (QED) is 0.243. The number of hydrogen-bond acceptors (Lipinski definition) is 4. The maximum atomic E-state index is 12.3. The molecule has 0 aliphatic carbocycles. The number of benzene rings is 3. The van der Waals surface area contributed by atoms with Crippen LogP contribution in [0.1, 0.15) is 36.5 Å². The number of nitrogens with zero attached hydrogens (tertiary/aromatic N) is 1. The molecule has 0 saturated carbocycles. The van der Waals surface area contributed by atoms with E-state index in [2.05, 4.69) is 59.9 Å². The molecule has 0 spiro atoms. The van der Waals surface area contributed by atoms with E-state index in [1.165, 1.54) is 10.8 Å². The number of Topliss-reactive ketones (excluding diaryl/α,β-unsaturated/α-hetero) is 1. The molecule has 0 aliphatic heterocycles. The summed E-state index contributed by atoms with van der Waals surface area (Å²) in [6.45, 7) is 2.10. The highest BCUT2D eigenvalue weighted by Gasteiger charge is 2.13. The van der Waals surface area contributed by atoms with Crippen molar-refractivity contribution < 1.29 is 4.79 Å². The van der Waals surface area contributed by atoms with E-state index in [4.69, 9.17) is 0 Å². The number of carbonyl (C=O) groups excluding carboxylic acids is 1. The summed E-state index contributed by atoms with van der Waals surface area (Å²) in [4.78, 5) is 15.6. The summed E-state index contributed by atoms with van der Waals surface area (Å²) in [7, 11) is 1.43. The number of rotatable bonds is 8. The predicted molar refractivity (Wildman–Crippen MR) is 120 cm³/mol. The first-order valence-electron chi connectivity index (χ1n) is 9.13. The molecule has 2 nitrogen and oxygen atoms in total. The molecule has 27 heavy (non-hydrogen) atoms. The number of hydrogen-bond donors (Lipinski definition) is 1. The number of para-hydroxylation sites is 1. The number of carbonyl (C=O) groups is 1. The lowest BCUT2D eigenvalue weighted by Crippen LogP contribution is -2.10. The Bertz CT molecular complexity index is 861. The molecule has 3 rings (SSSR count). The van der Waals surface area contributed by atoms with E-state index in [-0.39, 0.29) is 5.78 Å². The zero-order valence-electron chi connectivity index (χ0n) is 15.3. The summed E-state index contributed by atoms with van der Waals surface area (Å²) in [6, 6.07) is 26.4. The molecule has 0 heterocycles. The lowest BCUT2D eigenvalue weighted by atomic mass is 10.0. The number of unbranched alkanes of at least 4 members (excludes halogenated alkanes) is 1. The smallest absolute Gasteiger partial charge is 0.162 e. The Morgan fingerprint density at radius 2 is 1.41 bits per heavy atom. The minimum atomic E-state index is 0.213. The van der Waals surface area contributed by atoms with E-state index in [0.29, 0.717) is 6.42 Å². The molecular weight excluding hydrogens is 370 g/mol. The molecule has 138 valence electrons. The Labute approximate surface area is 170 Å². The predicted octanol–water partition coefficient (Wildman–Crippen LogP) is 7.47. The topological polar surface area (TPSA) is 20.3 Å².